The zero-order valence-corrected chi connectivity index (χ0v) is 15.5. The third kappa shape index (κ3) is 3.02. The van der Waals surface area contributed by atoms with Crippen LogP contribution in [-0.4, -0.2) is 34.8 Å². The van der Waals surface area contributed by atoms with Gasteiger partial charge in [0.2, 0.25) is 0 Å². The Morgan fingerprint density at radius 3 is 2.92 bits per heavy atom. The van der Waals surface area contributed by atoms with Gasteiger partial charge in [-0.25, -0.2) is 9.97 Å². The number of hydrogen-bond donors (Lipinski definition) is 1. The molecular formula is C20H23N3OS. The molecule has 3 aromatic rings. The highest BCUT2D eigenvalue weighted by Crippen LogP contribution is 2.39. The summed E-state index contributed by atoms with van der Waals surface area (Å²) < 4.78 is 0. The minimum Gasteiger partial charge on any atom is -0.396 e. The normalized spacial score (nSPS) is 18.0. The first-order chi connectivity index (χ1) is 12.2. The first-order valence-electron chi connectivity index (χ1n) is 8.83. The Kier molecular flexibility index (Phi) is 4.44. The first-order valence-corrected chi connectivity index (χ1v) is 9.71. The van der Waals surface area contributed by atoms with Gasteiger partial charge in [0, 0.05) is 30.6 Å². The second kappa shape index (κ2) is 6.73. The standard InChI is InChI=1S/C20H23N3OS/c1-13-5-6-16(8-14(13)2)17-11-25-20-18(17)19(21-12-22-20)23-7-3-4-15(9-23)10-24/h5-6,8,11-12,15,24H,3-4,7,9-10H2,1-2H3/t15-/m0/s1. The van der Waals surface area contributed by atoms with Crippen LogP contribution in [0.2, 0.25) is 0 Å². The Labute approximate surface area is 152 Å². The summed E-state index contributed by atoms with van der Waals surface area (Å²) in [7, 11) is 0. The third-order valence-electron chi connectivity index (χ3n) is 5.24. The van der Waals surface area contributed by atoms with E-state index in [1.54, 1.807) is 17.7 Å². The van der Waals surface area contributed by atoms with Gasteiger partial charge in [0.25, 0.3) is 0 Å². The fourth-order valence-corrected chi connectivity index (χ4v) is 4.54. The van der Waals surface area contributed by atoms with Gasteiger partial charge < -0.3 is 10.0 Å². The summed E-state index contributed by atoms with van der Waals surface area (Å²) in [5.74, 6) is 1.35. The molecule has 1 aliphatic heterocycles. The van der Waals surface area contributed by atoms with Crippen molar-refractivity contribution in [1.82, 2.24) is 9.97 Å². The average molecular weight is 353 g/mol. The Morgan fingerprint density at radius 2 is 2.12 bits per heavy atom. The molecular weight excluding hydrogens is 330 g/mol. The van der Waals surface area contributed by atoms with E-state index in [4.69, 9.17) is 0 Å². The van der Waals surface area contributed by atoms with Gasteiger partial charge in [0.05, 0.1) is 5.39 Å². The van der Waals surface area contributed by atoms with Gasteiger partial charge in [-0.3, -0.25) is 0 Å². The van der Waals surface area contributed by atoms with Crippen molar-refractivity contribution in [2.24, 2.45) is 5.92 Å². The summed E-state index contributed by atoms with van der Waals surface area (Å²) in [5, 5.41) is 12.9. The highest BCUT2D eigenvalue weighted by molar-refractivity contribution is 7.17. The number of aliphatic hydroxyl groups is 1. The van der Waals surface area contributed by atoms with Crippen molar-refractivity contribution in [3.05, 3.63) is 41.0 Å². The van der Waals surface area contributed by atoms with Gasteiger partial charge in [-0.05, 0) is 49.3 Å². The monoisotopic (exact) mass is 353 g/mol. The topological polar surface area (TPSA) is 49.2 Å². The van der Waals surface area contributed by atoms with E-state index >= 15 is 0 Å². The molecule has 0 saturated carbocycles. The van der Waals surface area contributed by atoms with E-state index in [2.05, 4.69) is 52.3 Å². The summed E-state index contributed by atoms with van der Waals surface area (Å²) in [5.41, 5.74) is 5.04. The minimum atomic E-state index is 0.248. The number of thiophene rings is 1. The van der Waals surface area contributed by atoms with Crippen LogP contribution in [0, 0.1) is 19.8 Å². The number of rotatable bonds is 3. The van der Waals surface area contributed by atoms with Crippen molar-refractivity contribution in [2.75, 3.05) is 24.6 Å². The van der Waals surface area contributed by atoms with Crippen LogP contribution in [0.4, 0.5) is 5.82 Å². The van der Waals surface area contributed by atoms with Crippen molar-refractivity contribution in [3.8, 4) is 11.1 Å². The Hall–Kier alpha value is -1.98. The summed E-state index contributed by atoms with van der Waals surface area (Å²) in [6.07, 6.45) is 3.86. The number of hydrogen-bond acceptors (Lipinski definition) is 5. The van der Waals surface area contributed by atoms with Crippen LogP contribution in [0.1, 0.15) is 24.0 Å². The van der Waals surface area contributed by atoms with Gasteiger partial charge in [-0.2, -0.15) is 0 Å². The highest BCUT2D eigenvalue weighted by atomic mass is 32.1. The van der Waals surface area contributed by atoms with E-state index in [0.717, 1.165) is 42.0 Å². The lowest BCUT2D eigenvalue weighted by molar-refractivity contribution is 0.208. The quantitative estimate of drug-likeness (QED) is 0.767. The van der Waals surface area contributed by atoms with Crippen LogP contribution in [0.5, 0.6) is 0 Å². The van der Waals surface area contributed by atoms with Gasteiger partial charge in [0.15, 0.2) is 0 Å². The Balaban J connectivity index is 1.83. The summed E-state index contributed by atoms with van der Waals surface area (Å²) in [6, 6.07) is 6.62. The van der Waals surface area contributed by atoms with Gasteiger partial charge in [-0.15, -0.1) is 11.3 Å². The number of aromatic nitrogens is 2. The molecule has 0 amide bonds. The molecule has 2 aromatic heterocycles. The lowest BCUT2D eigenvalue weighted by Crippen LogP contribution is -2.37. The van der Waals surface area contributed by atoms with E-state index in [1.807, 2.05) is 0 Å². The SMILES string of the molecule is Cc1ccc(-c2csc3ncnc(N4CCC[C@H](CO)C4)c23)cc1C. The van der Waals surface area contributed by atoms with Crippen LogP contribution in [0.3, 0.4) is 0 Å². The molecule has 0 unspecified atom stereocenters. The van der Waals surface area contributed by atoms with Crippen LogP contribution in [-0.2, 0) is 0 Å². The van der Waals surface area contributed by atoms with Gasteiger partial charge in [0.1, 0.15) is 17.0 Å². The number of benzene rings is 1. The molecule has 3 heterocycles. The van der Waals surface area contributed by atoms with Crippen molar-refractivity contribution >= 4 is 27.4 Å². The Morgan fingerprint density at radius 1 is 1.24 bits per heavy atom. The van der Waals surface area contributed by atoms with Crippen LogP contribution in [0.15, 0.2) is 29.9 Å². The Bertz CT molecular complexity index is 905. The molecule has 1 aromatic carbocycles. The number of nitrogens with zero attached hydrogens (tertiary/aromatic N) is 3. The number of fused-ring (bicyclic) bond motifs is 1. The van der Waals surface area contributed by atoms with E-state index < -0.39 is 0 Å². The zero-order valence-electron chi connectivity index (χ0n) is 14.7. The molecule has 4 rings (SSSR count). The second-order valence-electron chi connectivity index (χ2n) is 6.96. The predicted molar refractivity (Wildman–Crippen MR) is 104 cm³/mol. The van der Waals surface area contributed by atoms with E-state index in [0.29, 0.717) is 5.92 Å². The van der Waals surface area contributed by atoms with E-state index in [1.165, 1.54) is 22.3 Å². The number of aryl methyl sites for hydroxylation is 2. The first kappa shape index (κ1) is 16.5. The fourth-order valence-electron chi connectivity index (χ4n) is 3.63. The van der Waals surface area contributed by atoms with Crippen molar-refractivity contribution in [2.45, 2.75) is 26.7 Å². The molecule has 1 atom stereocenters. The third-order valence-corrected chi connectivity index (χ3v) is 6.13. The maximum Gasteiger partial charge on any atom is 0.141 e. The fraction of sp³-hybridized carbons (Fsp3) is 0.400. The maximum atomic E-state index is 9.56. The second-order valence-corrected chi connectivity index (χ2v) is 7.82. The highest BCUT2D eigenvalue weighted by Gasteiger charge is 2.24. The molecule has 0 spiro atoms. The molecule has 0 radical (unpaired) electrons. The molecule has 130 valence electrons. The minimum absolute atomic E-state index is 0.248. The summed E-state index contributed by atoms with van der Waals surface area (Å²) >= 11 is 1.68. The van der Waals surface area contributed by atoms with Gasteiger partial charge in [-0.1, -0.05) is 18.2 Å². The van der Waals surface area contributed by atoms with Crippen molar-refractivity contribution < 1.29 is 5.11 Å². The molecule has 1 fully saturated rings. The molecule has 1 saturated heterocycles. The predicted octanol–water partition coefficient (Wildman–Crippen LogP) is 4.18. The summed E-state index contributed by atoms with van der Waals surface area (Å²) in [6.45, 7) is 6.40. The van der Waals surface area contributed by atoms with Crippen molar-refractivity contribution in [3.63, 3.8) is 0 Å². The van der Waals surface area contributed by atoms with Crippen LogP contribution < -0.4 is 4.90 Å². The molecule has 5 heteroatoms. The zero-order chi connectivity index (χ0) is 17.4. The molecule has 25 heavy (non-hydrogen) atoms. The smallest absolute Gasteiger partial charge is 0.141 e. The lowest BCUT2D eigenvalue weighted by atomic mass is 9.97. The summed E-state index contributed by atoms with van der Waals surface area (Å²) in [4.78, 5) is 12.5. The molecule has 1 N–H and O–H groups in total. The van der Waals surface area contributed by atoms with Crippen LogP contribution >= 0.6 is 11.3 Å². The molecule has 4 nitrogen and oxygen atoms in total. The maximum absolute atomic E-state index is 9.56. The van der Waals surface area contributed by atoms with Crippen molar-refractivity contribution in [1.29, 1.82) is 0 Å². The van der Waals surface area contributed by atoms with E-state index in [-0.39, 0.29) is 6.61 Å². The number of anilines is 1. The molecule has 0 bridgehead atoms. The molecule has 0 aliphatic carbocycles. The lowest BCUT2D eigenvalue weighted by Gasteiger charge is -2.33. The van der Waals surface area contributed by atoms with Gasteiger partial charge >= 0.3 is 0 Å². The average Bonchev–Trinajstić information content (AvgIpc) is 3.08. The largest absolute Gasteiger partial charge is 0.396 e. The van der Waals surface area contributed by atoms with Crippen LogP contribution in [0.25, 0.3) is 21.3 Å². The molecule has 1 aliphatic rings. The van der Waals surface area contributed by atoms with E-state index in [9.17, 15) is 5.11 Å². The number of aliphatic hydroxyl groups excluding tert-OH is 1. The number of piperidine rings is 1.